The number of hydrogen-bond donors (Lipinski definition) is 4. The van der Waals surface area contributed by atoms with E-state index in [2.05, 4.69) is 21.3 Å². The number of anilines is 1. The van der Waals surface area contributed by atoms with Crippen LogP contribution in [0.15, 0.2) is 66.7 Å². The van der Waals surface area contributed by atoms with Crippen molar-refractivity contribution < 1.29 is 37.8 Å². The number of halogens is 1. The quantitative estimate of drug-likeness (QED) is 0.253. The Morgan fingerprint density at radius 1 is 1.00 bits per heavy atom. The number of hydrogen-bond acceptors (Lipinski definition) is 7. The van der Waals surface area contributed by atoms with Crippen LogP contribution in [0.2, 0.25) is 0 Å². The third-order valence-electron chi connectivity index (χ3n) is 9.72. The normalized spacial score (nSPS) is 19.8. The second-order valence-electron chi connectivity index (χ2n) is 15.3. The molecule has 1 fully saturated rings. The Morgan fingerprint density at radius 2 is 1.78 bits per heavy atom. The number of amides is 5. The SMILES string of the molecule is Cc1ccc2cc1CNC(=O)[C@H](CCc1ccccc1)NC(=O)[C@@H](NC(=O)Cc1ccc(NC(=O)OC(C)(C)C)cc1F)CC(=O)N1CCCC(CCO2)C1. The second-order valence-corrected chi connectivity index (χ2v) is 15.3. The first-order valence-corrected chi connectivity index (χ1v) is 18.9. The molecule has 4 N–H and O–H groups in total. The zero-order valence-corrected chi connectivity index (χ0v) is 32.0. The lowest BCUT2D eigenvalue weighted by Gasteiger charge is -2.34. The number of benzene rings is 3. The van der Waals surface area contributed by atoms with Gasteiger partial charge in [-0.15, -0.1) is 0 Å². The third-order valence-corrected chi connectivity index (χ3v) is 9.72. The number of piperidine rings is 1. The van der Waals surface area contributed by atoms with E-state index in [1.165, 1.54) is 12.1 Å². The van der Waals surface area contributed by atoms with Gasteiger partial charge >= 0.3 is 6.09 Å². The molecule has 0 aliphatic carbocycles. The molecule has 5 rings (SSSR count). The van der Waals surface area contributed by atoms with Crippen LogP contribution in [0.3, 0.4) is 0 Å². The zero-order chi connectivity index (χ0) is 39.5. The Bertz CT molecular complexity index is 1850. The Kier molecular flexibility index (Phi) is 13.9. The van der Waals surface area contributed by atoms with Crippen molar-refractivity contribution in [3.63, 3.8) is 0 Å². The highest BCUT2D eigenvalue weighted by molar-refractivity contribution is 5.95. The topological polar surface area (TPSA) is 155 Å². The summed E-state index contributed by atoms with van der Waals surface area (Å²) in [6.07, 6.45) is 1.62. The molecule has 3 atom stereocenters. The molecule has 1 unspecified atom stereocenters. The molecule has 3 aromatic carbocycles. The monoisotopic (exact) mass is 757 g/mol. The predicted octanol–water partition coefficient (Wildman–Crippen LogP) is 5.35. The molecule has 1 saturated heterocycles. The number of carbonyl (C=O) groups excluding carboxylic acids is 5. The van der Waals surface area contributed by atoms with E-state index >= 15 is 4.39 Å². The summed E-state index contributed by atoms with van der Waals surface area (Å²) in [5, 5.41) is 10.9. The average Bonchev–Trinajstić information content (AvgIpc) is 3.13. The van der Waals surface area contributed by atoms with Crippen LogP contribution in [-0.4, -0.2) is 72.0 Å². The molecule has 13 heteroatoms. The van der Waals surface area contributed by atoms with Crippen molar-refractivity contribution in [2.45, 2.75) is 96.9 Å². The summed E-state index contributed by atoms with van der Waals surface area (Å²) in [6, 6.07) is 16.8. The first kappa shape index (κ1) is 40.7. The van der Waals surface area contributed by atoms with E-state index in [4.69, 9.17) is 9.47 Å². The van der Waals surface area contributed by atoms with Crippen LogP contribution in [0.4, 0.5) is 14.9 Å². The summed E-state index contributed by atoms with van der Waals surface area (Å²) in [5.41, 5.74) is 2.22. The minimum Gasteiger partial charge on any atom is -0.494 e. The number of nitrogens with zero attached hydrogens (tertiary/aromatic N) is 1. The maximum Gasteiger partial charge on any atom is 0.412 e. The molecule has 55 heavy (non-hydrogen) atoms. The summed E-state index contributed by atoms with van der Waals surface area (Å²) in [4.78, 5) is 68.9. The number of aryl methyl sites for hydroxylation is 2. The van der Waals surface area contributed by atoms with Gasteiger partial charge in [0.15, 0.2) is 0 Å². The van der Waals surface area contributed by atoms with E-state index in [1.807, 2.05) is 55.5 Å². The van der Waals surface area contributed by atoms with Crippen LogP contribution < -0.4 is 26.0 Å². The molecule has 2 aliphatic rings. The van der Waals surface area contributed by atoms with E-state index in [0.717, 1.165) is 42.0 Å². The van der Waals surface area contributed by atoms with Crippen molar-refractivity contribution in [3.8, 4) is 5.75 Å². The van der Waals surface area contributed by atoms with Gasteiger partial charge in [0.25, 0.3) is 0 Å². The summed E-state index contributed by atoms with van der Waals surface area (Å²) in [6.45, 7) is 8.72. The lowest BCUT2D eigenvalue weighted by molar-refractivity contribution is -0.138. The summed E-state index contributed by atoms with van der Waals surface area (Å²) in [5.74, 6) is -2.00. The van der Waals surface area contributed by atoms with Crippen molar-refractivity contribution in [3.05, 3.63) is 94.8 Å². The molecule has 4 bridgehead atoms. The van der Waals surface area contributed by atoms with E-state index < -0.39 is 53.7 Å². The molecular formula is C42H52FN5O7. The predicted molar refractivity (Wildman–Crippen MR) is 206 cm³/mol. The highest BCUT2D eigenvalue weighted by Crippen LogP contribution is 2.24. The molecule has 0 aromatic heterocycles. The van der Waals surface area contributed by atoms with Crippen molar-refractivity contribution in [2.75, 3.05) is 25.0 Å². The third kappa shape index (κ3) is 12.5. The number of rotatable bonds is 7. The molecule has 2 aliphatic heterocycles. The van der Waals surface area contributed by atoms with Gasteiger partial charge in [-0.2, -0.15) is 0 Å². The van der Waals surface area contributed by atoms with Crippen LogP contribution >= 0.6 is 0 Å². The van der Waals surface area contributed by atoms with Crippen molar-refractivity contribution in [1.82, 2.24) is 20.9 Å². The van der Waals surface area contributed by atoms with Crippen molar-refractivity contribution in [2.24, 2.45) is 5.92 Å². The van der Waals surface area contributed by atoms with Gasteiger partial charge in [-0.1, -0.05) is 42.5 Å². The van der Waals surface area contributed by atoms with Gasteiger partial charge < -0.3 is 30.3 Å². The Balaban J connectivity index is 1.36. The molecule has 12 nitrogen and oxygen atoms in total. The zero-order valence-electron chi connectivity index (χ0n) is 32.0. The molecule has 3 aromatic rings. The average molecular weight is 758 g/mol. The standard InChI is InChI=1S/C42H52FN5O7/c1-27-12-16-33-21-31(27)25-44-39(51)35(17-13-28-9-6-5-7-10-28)47-40(52)36(24-38(50)48-19-8-11-29(26-48)18-20-54-33)46-37(49)22-30-14-15-32(23-34(30)43)45-41(53)55-42(2,3)4/h5-7,9-10,12,14-16,21,23,29,35-36H,8,11,13,17-20,22,24-26H2,1-4H3,(H,44,51)(H,45,53)(H,46,49)(H,47,52)/t29?,35-,36-/m0/s1. The molecular weight excluding hydrogens is 705 g/mol. The van der Waals surface area contributed by atoms with Gasteiger partial charge in [0.1, 0.15) is 29.3 Å². The molecule has 294 valence electrons. The number of carbonyl (C=O) groups is 5. The Hall–Kier alpha value is -5.46. The summed E-state index contributed by atoms with van der Waals surface area (Å²) < 4.78 is 26.5. The fraction of sp³-hybridized carbons (Fsp3) is 0.452. The van der Waals surface area contributed by atoms with Gasteiger partial charge in [-0.25, -0.2) is 9.18 Å². The van der Waals surface area contributed by atoms with Gasteiger partial charge in [0.05, 0.1) is 19.4 Å². The largest absolute Gasteiger partial charge is 0.494 e. The Morgan fingerprint density at radius 3 is 2.53 bits per heavy atom. The second kappa shape index (κ2) is 18.7. The fourth-order valence-electron chi connectivity index (χ4n) is 6.72. The van der Waals surface area contributed by atoms with Gasteiger partial charge in [-0.3, -0.25) is 24.5 Å². The van der Waals surface area contributed by atoms with Crippen LogP contribution in [-0.2, 0) is 43.3 Å². The first-order chi connectivity index (χ1) is 26.2. The number of fused-ring (bicyclic) bond motifs is 4. The molecule has 0 radical (unpaired) electrons. The molecule has 2 heterocycles. The van der Waals surface area contributed by atoms with Gasteiger partial charge in [0.2, 0.25) is 23.6 Å². The van der Waals surface area contributed by atoms with Crippen molar-refractivity contribution >= 4 is 35.4 Å². The lowest BCUT2D eigenvalue weighted by atomic mass is 9.94. The first-order valence-electron chi connectivity index (χ1n) is 18.9. The lowest BCUT2D eigenvalue weighted by Crippen LogP contribution is -2.55. The van der Waals surface area contributed by atoms with E-state index in [1.54, 1.807) is 25.7 Å². The van der Waals surface area contributed by atoms with Crippen LogP contribution in [0.5, 0.6) is 5.75 Å². The van der Waals surface area contributed by atoms with Gasteiger partial charge in [0, 0.05) is 25.3 Å². The molecule has 5 amide bonds. The Labute approximate surface area is 321 Å². The van der Waals surface area contributed by atoms with E-state index in [0.29, 0.717) is 31.9 Å². The molecule has 0 spiro atoms. The fourth-order valence-corrected chi connectivity index (χ4v) is 6.72. The minimum absolute atomic E-state index is 0.0136. The number of ether oxygens (including phenoxy) is 2. The van der Waals surface area contributed by atoms with E-state index in [9.17, 15) is 24.0 Å². The van der Waals surface area contributed by atoms with Crippen LogP contribution in [0.1, 0.15) is 75.1 Å². The minimum atomic E-state index is -1.34. The highest BCUT2D eigenvalue weighted by Gasteiger charge is 2.32. The summed E-state index contributed by atoms with van der Waals surface area (Å²) >= 11 is 0. The summed E-state index contributed by atoms with van der Waals surface area (Å²) in [7, 11) is 0. The number of nitrogens with one attached hydrogen (secondary N) is 4. The van der Waals surface area contributed by atoms with Crippen LogP contribution in [0, 0.1) is 18.7 Å². The highest BCUT2D eigenvalue weighted by atomic mass is 19.1. The van der Waals surface area contributed by atoms with Gasteiger partial charge in [-0.05, 0) is 112 Å². The maximum absolute atomic E-state index is 15.2. The molecule has 0 saturated carbocycles. The van der Waals surface area contributed by atoms with E-state index in [-0.39, 0.29) is 42.5 Å². The maximum atomic E-state index is 15.2. The van der Waals surface area contributed by atoms with Crippen molar-refractivity contribution in [1.29, 1.82) is 0 Å². The van der Waals surface area contributed by atoms with Crippen LogP contribution in [0.25, 0.3) is 0 Å². The smallest absolute Gasteiger partial charge is 0.412 e.